The molecular formula is C22H29N3O4. The van der Waals surface area contributed by atoms with E-state index in [1.807, 2.05) is 55.9 Å². The minimum atomic E-state index is -1.39. The number of carbonyl (C=O) groups excluding carboxylic acids is 1. The monoisotopic (exact) mass is 399 g/mol. The molecule has 1 aromatic carbocycles. The van der Waals surface area contributed by atoms with Crippen LogP contribution >= 0.6 is 0 Å². The number of rotatable bonds is 6. The molecule has 7 heteroatoms. The zero-order valence-electron chi connectivity index (χ0n) is 17.3. The van der Waals surface area contributed by atoms with Crippen molar-refractivity contribution >= 4 is 11.9 Å². The quantitative estimate of drug-likeness (QED) is 0.773. The number of aliphatic carboxylic acids is 1. The maximum absolute atomic E-state index is 12.9. The summed E-state index contributed by atoms with van der Waals surface area (Å²) in [6.07, 6.45) is 0.323. The minimum absolute atomic E-state index is 0.0161. The van der Waals surface area contributed by atoms with Crippen molar-refractivity contribution in [2.45, 2.75) is 45.6 Å². The summed E-state index contributed by atoms with van der Waals surface area (Å²) in [5, 5.41) is 25.0. The van der Waals surface area contributed by atoms with Gasteiger partial charge in [0.2, 0.25) is 5.91 Å². The van der Waals surface area contributed by atoms with E-state index in [4.69, 9.17) is 0 Å². The molecule has 2 N–H and O–H groups in total. The van der Waals surface area contributed by atoms with Gasteiger partial charge < -0.3 is 15.1 Å². The number of carbonyl (C=O) groups is 2. The molecular weight excluding hydrogens is 370 g/mol. The van der Waals surface area contributed by atoms with Crippen LogP contribution in [-0.2, 0) is 29.5 Å². The van der Waals surface area contributed by atoms with Crippen molar-refractivity contribution in [3.8, 4) is 0 Å². The van der Waals surface area contributed by atoms with Crippen molar-refractivity contribution in [1.82, 2.24) is 14.7 Å². The Kier molecular flexibility index (Phi) is 6.07. The van der Waals surface area contributed by atoms with Crippen molar-refractivity contribution in [2.75, 3.05) is 13.1 Å². The summed E-state index contributed by atoms with van der Waals surface area (Å²) in [5.41, 5.74) is 2.45. The Morgan fingerprint density at radius 2 is 1.93 bits per heavy atom. The number of nitrogens with zero attached hydrogens (tertiary/aromatic N) is 3. The van der Waals surface area contributed by atoms with E-state index in [2.05, 4.69) is 5.10 Å². The number of aryl methyl sites for hydroxylation is 2. The summed E-state index contributed by atoms with van der Waals surface area (Å²) in [7, 11) is 1.88. The van der Waals surface area contributed by atoms with Gasteiger partial charge in [0, 0.05) is 32.3 Å². The van der Waals surface area contributed by atoms with Gasteiger partial charge in [0.1, 0.15) is 5.41 Å². The van der Waals surface area contributed by atoms with Crippen molar-refractivity contribution in [1.29, 1.82) is 0 Å². The molecule has 2 aromatic rings. The van der Waals surface area contributed by atoms with Crippen LogP contribution in [0.2, 0.25) is 0 Å². The fourth-order valence-electron chi connectivity index (χ4n) is 4.28. The van der Waals surface area contributed by atoms with E-state index in [-0.39, 0.29) is 25.3 Å². The number of piperidine rings is 1. The van der Waals surface area contributed by atoms with E-state index >= 15 is 0 Å². The molecule has 0 unspecified atom stereocenters. The van der Waals surface area contributed by atoms with Gasteiger partial charge in [-0.2, -0.15) is 5.10 Å². The second-order valence-electron chi connectivity index (χ2n) is 8.02. The van der Waals surface area contributed by atoms with Crippen LogP contribution in [0.1, 0.15) is 35.4 Å². The van der Waals surface area contributed by atoms with E-state index in [0.29, 0.717) is 19.4 Å². The van der Waals surface area contributed by atoms with E-state index in [1.54, 1.807) is 4.90 Å². The first-order valence-electron chi connectivity index (χ1n) is 9.97. The van der Waals surface area contributed by atoms with Crippen LogP contribution in [-0.4, -0.2) is 56.0 Å². The average Bonchev–Trinajstić information content (AvgIpc) is 2.93. The molecule has 2 heterocycles. The Balaban J connectivity index is 1.74. The zero-order chi connectivity index (χ0) is 21.2. The van der Waals surface area contributed by atoms with Crippen LogP contribution in [0.15, 0.2) is 30.3 Å². The van der Waals surface area contributed by atoms with E-state index in [9.17, 15) is 19.8 Å². The molecule has 2 atom stereocenters. The SMILES string of the molecule is Cc1nn(C)c(C)c1CCC(=O)N1CC[C@@H](O)[C@](Cc2ccccc2)(C(=O)O)C1. The van der Waals surface area contributed by atoms with Crippen molar-refractivity contribution in [3.05, 3.63) is 52.8 Å². The second-order valence-corrected chi connectivity index (χ2v) is 8.02. The molecule has 1 aromatic heterocycles. The number of carboxylic acids is 1. The molecule has 1 aliphatic heterocycles. The Hall–Kier alpha value is -2.67. The van der Waals surface area contributed by atoms with Crippen molar-refractivity contribution < 1.29 is 19.8 Å². The third-order valence-electron chi connectivity index (χ3n) is 6.17. The molecule has 0 saturated carbocycles. The highest BCUT2D eigenvalue weighted by Gasteiger charge is 2.50. The topological polar surface area (TPSA) is 95.7 Å². The number of hydrogen-bond donors (Lipinski definition) is 2. The number of aliphatic hydroxyl groups excluding tert-OH is 1. The lowest BCUT2D eigenvalue weighted by molar-refractivity contribution is -0.165. The maximum Gasteiger partial charge on any atom is 0.314 e. The smallest absolute Gasteiger partial charge is 0.314 e. The van der Waals surface area contributed by atoms with Gasteiger partial charge >= 0.3 is 5.97 Å². The van der Waals surface area contributed by atoms with Gasteiger partial charge in [-0.25, -0.2) is 0 Å². The highest BCUT2D eigenvalue weighted by molar-refractivity contribution is 5.80. The summed E-state index contributed by atoms with van der Waals surface area (Å²) < 4.78 is 1.81. The third kappa shape index (κ3) is 4.19. The largest absolute Gasteiger partial charge is 0.481 e. The molecule has 7 nitrogen and oxygen atoms in total. The molecule has 0 radical (unpaired) electrons. The normalized spacial score (nSPS) is 21.9. The molecule has 29 heavy (non-hydrogen) atoms. The van der Waals surface area contributed by atoms with Crippen LogP contribution in [0.5, 0.6) is 0 Å². The minimum Gasteiger partial charge on any atom is -0.481 e. The number of aliphatic hydroxyl groups is 1. The molecule has 3 rings (SSSR count). The number of carboxylic acid groups (broad SMARTS) is 1. The number of aromatic nitrogens is 2. The van der Waals surface area contributed by atoms with Gasteiger partial charge in [0.25, 0.3) is 0 Å². The van der Waals surface area contributed by atoms with E-state index < -0.39 is 17.5 Å². The lowest BCUT2D eigenvalue weighted by Gasteiger charge is -2.43. The molecule has 1 saturated heterocycles. The van der Waals surface area contributed by atoms with Gasteiger partial charge in [0.05, 0.1) is 11.8 Å². The molecule has 0 aliphatic carbocycles. The summed E-state index contributed by atoms with van der Waals surface area (Å²) in [4.78, 5) is 26.7. The third-order valence-corrected chi connectivity index (χ3v) is 6.17. The molecule has 0 bridgehead atoms. The Labute approximate surface area is 171 Å². The van der Waals surface area contributed by atoms with Crippen LogP contribution in [0.3, 0.4) is 0 Å². The predicted molar refractivity (Wildman–Crippen MR) is 108 cm³/mol. The van der Waals surface area contributed by atoms with Gasteiger partial charge in [0.15, 0.2) is 0 Å². The first-order valence-corrected chi connectivity index (χ1v) is 9.97. The summed E-state index contributed by atoms with van der Waals surface area (Å²) in [5.74, 6) is -1.15. The van der Waals surface area contributed by atoms with Gasteiger partial charge in [-0.3, -0.25) is 14.3 Å². The Morgan fingerprint density at radius 1 is 1.24 bits per heavy atom. The zero-order valence-corrected chi connectivity index (χ0v) is 17.3. The molecule has 1 amide bonds. The van der Waals surface area contributed by atoms with Crippen LogP contribution in [0.25, 0.3) is 0 Å². The standard InChI is InChI=1S/C22H29N3O4/c1-15-18(16(2)24(3)23-15)9-10-20(27)25-12-11-19(26)22(14-25,21(28)29)13-17-7-5-4-6-8-17/h4-8,19,26H,9-14H2,1-3H3,(H,28,29)/t19-,22-/m1/s1. The first kappa shape index (κ1) is 21.0. The Bertz CT molecular complexity index is 893. The van der Waals surface area contributed by atoms with E-state index in [0.717, 1.165) is 22.5 Å². The summed E-state index contributed by atoms with van der Waals surface area (Å²) in [6.45, 7) is 4.29. The summed E-state index contributed by atoms with van der Waals surface area (Å²) >= 11 is 0. The number of likely N-dealkylation sites (tertiary alicyclic amines) is 1. The first-order chi connectivity index (χ1) is 13.7. The van der Waals surface area contributed by atoms with Crippen molar-refractivity contribution in [3.63, 3.8) is 0 Å². The lowest BCUT2D eigenvalue weighted by atomic mass is 9.72. The molecule has 0 spiro atoms. The fraction of sp³-hybridized carbons (Fsp3) is 0.500. The summed E-state index contributed by atoms with van der Waals surface area (Å²) in [6, 6.07) is 9.27. The van der Waals surface area contributed by atoms with Crippen LogP contribution in [0.4, 0.5) is 0 Å². The number of amides is 1. The van der Waals surface area contributed by atoms with Gasteiger partial charge in [-0.15, -0.1) is 0 Å². The average molecular weight is 399 g/mol. The van der Waals surface area contributed by atoms with Crippen LogP contribution < -0.4 is 0 Å². The molecule has 1 fully saturated rings. The molecule has 1 aliphatic rings. The predicted octanol–water partition coefficient (Wildman–Crippen LogP) is 1.88. The maximum atomic E-state index is 12.9. The van der Waals surface area contributed by atoms with Crippen molar-refractivity contribution in [2.24, 2.45) is 12.5 Å². The molecule has 156 valence electrons. The fourth-order valence-corrected chi connectivity index (χ4v) is 4.28. The lowest BCUT2D eigenvalue weighted by Crippen LogP contribution is -2.58. The number of benzene rings is 1. The highest BCUT2D eigenvalue weighted by atomic mass is 16.4. The van der Waals surface area contributed by atoms with E-state index in [1.165, 1.54) is 0 Å². The highest BCUT2D eigenvalue weighted by Crippen LogP contribution is 2.35. The van der Waals surface area contributed by atoms with Gasteiger partial charge in [-0.1, -0.05) is 30.3 Å². The Morgan fingerprint density at radius 3 is 2.52 bits per heavy atom. The van der Waals surface area contributed by atoms with Gasteiger partial charge in [-0.05, 0) is 44.2 Å². The van der Waals surface area contributed by atoms with Crippen LogP contribution in [0, 0.1) is 19.3 Å². The number of hydrogen-bond acceptors (Lipinski definition) is 4. The second kappa shape index (κ2) is 8.37.